The van der Waals surface area contributed by atoms with Crippen LogP contribution in [0.1, 0.15) is 38.5 Å². The van der Waals surface area contributed by atoms with Gasteiger partial charge in [-0.1, -0.05) is 54.9 Å². The molecule has 2 heterocycles. The van der Waals surface area contributed by atoms with Gasteiger partial charge in [0.2, 0.25) is 5.91 Å². The number of thioether (sulfide) groups is 1. The third-order valence-electron chi connectivity index (χ3n) is 5.35. The minimum Gasteiger partial charge on any atom is -0.376 e. The van der Waals surface area contributed by atoms with Crippen molar-refractivity contribution in [2.45, 2.75) is 62.4 Å². The molecule has 1 atom stereocenters. The van der Waals surface area contributed by atoms with Gasteiger partial charge in [-0.05, 0) is 31.2 Å². The monoisotopic (exact) mass is 385 g/mol. The second kappa shape index (κ2) is 8.93. The third-order valence-corrected chi connectivity index (χ3v) is 6.34. The molecule has 0 unspecified atom stereocenters. The maximum atomic E-state index is 12.3. The topological polar surface area (TPSA) is 56.2 Å². The first-order valence-electron chi connectivity index (χ1n) is 9.94. The van der Waals surface area contributed by atoms with Gasteiger partial charge in [0.1, 0.15) is 0 Å². The van der Waals surface area contributed by atoms with Crippen LogP contribution in [0.5, 0.6) is 0 Å². The van der Waals surface area contributed by atoms with Crippen LogP contribution in [0.2, 0.25) is 0 Å². The van der Waals surface area contributed by atoms with Crippen LogP contribution in [-0.4, -0.2) is 40.0 Å². The summed E-state index contributed by atoms with van der Waals surface area (Å²) in [6, 6.07) is 10.7. The lowest BCUT2D eigenvalue weighted by Crippen LogP contribution is -2.33. The number of imidazole rings is 1. The van der Waals surface area contributed by atoms with Gasteiger partial charge >= 0.3 is 0 Å². The lowest BCUT2D eigenvalue weighted by Gasteiger charge is -2.16. The van der Waals surface area contributed by atoms with Crippen LogP contribution < -0.4 is 5.32 Å². The van der Waals surface area contributed by atoms with E-state index in [0.717, 1.165) is 55.2 Å². The molecule has 4 rings (SSSR count). The largest absolute Gasteiger partial charge is 0.376 e. The molecule has 1 saturated heterocycles. The highest BCUT2D eigenvalue weighted by Crippen LogP contribution is 2.28. The maximum Gasteiger partial charge on any atom is 0.230 e. The molecule has 144 valence electrons. The minimum atomic E-state index is 0.111. The van der Waals surface area contributed by atoms with Crippen molar-refractivity contribution >= 4 is 17.7 Å². The van der Waals surface area contributed by atoms with E-state index >= 15 is 0 Å². The van der Waals surface area contributed by atoms with Crippen molar-refractivity contribution < 1.29 is 9.53 Å². The molecule has 2 aromatic rings. The molecule has 6 heteroatoms. The Labute approximate surface area is 164 Å². The van der Waals surface area contributed by atoms with Crippen molar-refractivity contribution in [1.82, 2.24) is 14.9 Å². The van der Waals surface area contributed by atoms with E-state index in [1.54, 1.807) is 0 Å². The number of nitrogens with one attached hydrogen (secondary N) is 1. The van der Waals surface area contributed by atoms with Gasteiger partial charge in [0.25, 0.3) is 0 Å². The van der Waals surface area contributed by atoms with Gasteiger partial charge in [0, 0.05) is 12.6 Å². The first kappa shape index (κ1) is 18.6. The van der Waals surface area contributed by atoms with E-state index in [0.29, 0.717) is 11.8 Å². The predicted octanol–water partition coefficient (Wildman–Crippen LogP) is 3.88. The van der Waals surface area contributed by atoms with Gasteiger partial charge in [-0.15, -0.1) is 0 Å². The van der Waals surface area contributed by atoms with Gasteiger partial charge in [0.05, 0.1) is 30.3 Å². The Morgan fingerprint density at radius 1 is 1.19 bits per heavy atom. The fourth-order valence-electron chi connectivity index (χ4n) is 3.95. The van der Waals surface area contributed by atoms with Gasteiger partial charge in [0.15, 0.2) is 5.16 Å². The van der Waals surface area contributed by atoms with Crippen LogP contribution >= 0.6 is 11.8 Å². The van der Waals surface area contributed by atoms with E-state index in [1.807, 2.05) is 24.4 Å². The average Bonchev–Trinajstić information content (AvgIpc) is 3.44. The zero-order valence-corrected chi connectivity index (χ0v) is 16.4. The summed E-state index contributed by atoms with van der Waals surface area (Å²) < 4.78 is 8.07. The summed E-state index contributed by atoms with van der Waals surface area (Å²) >= 11 is 1.52. The molecule has 1 aromatic heterocycles. The zero-order valence-electron chi connectivity index (χ0n) is 15.6. The predicted molar refractivity (Wildman–Crippen MR) is 108 cm³/mol. The van der Waals surface area contributed by atoms with Crippen LogP contribution in [0.4, 0.5) is 0 Å². The van der Waals surface area contributed by atoms with E-state index in [1.165, 1.54) is 24.6 Å². The number of ether oxygens (including phenoxy) is 1. The lowest BCUT2D eigenvalue weighted by atomic mass is 10.1. The van der Waals surface area contributed by atoms with E-state index in [2.05, 4.69) is 27.0 Å². The van der Waals surface area contributed by atoms with Crippen molar-refractivity contribution in [1.29, 1.82) is 0 Å². The highest BCUT2D eigenvalue weighted by Gasteiger charge is 2.22. The van der Waals surface area contributed by atoms with Crippen molar-refractivity contribution in [3.8, 4) is 11.3 Å². The Morgan fingerprint density at radius 2 is 2.00 bits per heavy atom. The Kier molecular flexibility index (Phi) is 6.14. The number of hydrogen-bond donors (Lipinski definition) is 1. The molecule has 2 fully saturated rings. The molecule has 27 heavy (non-hydrogen) atoms. The summed E-state index contributed by atoms with van der Waals surface area (Å²) in [6.45, 7) is 1.63. The summed E-state index contributed by atoms with van der Waals surface area (Å²) in [6.07, 6.45) is 9.03. The number of carbonyl (C=O) groups excluding carboxylic acids is 1. The Balaban J connectivity index is 1.47. The van der Waals surface area contributed by atoms with Crippen LogP contribution in [0.15, 0.2) is 41.7 Å². The summed E-state index contributed by atoms with van der Waals surface area (Å²) in [5.41, 5.74) is 2.23. The van der Waals surface area contributed by atoms with E-state index in [-0.39, 0.29) is 12.0 Å². The van der Waals surface area contributed by atoms with Crippen LogP contribution in [0.25, 0.3) is 11.3 Å². The number of rotatable bonds is 7. The van der Waals surface area contributed by atoms with Crippen LogP contribution in [0, 0.1) is 0 Å². The van der Waals surface area contributed by atoms with E-state index < -0.39 is 0 Å². The molecule has 1 saturated carbocycles. The fraction of sp³-hybridized carbons (Fsp3) is 0.524. The highest BCUT2D eigenvalue weighted by atomic mass is 32.2. The molecule has 1 amide bonds. The molecular formula is C21H27N3O2S. The van der Waals surface area contributed by atoms with Gasteiger partial charge < -0.3 is 14.6 Å². The molecule has 0 radical (unpaired) electrons. The Morgan fingerprint density at radius 3 is 2.74 bits per heavy atom. The molecule has 5 nitrogen and oxygen atoms in total. The van der Waals surface area contributed by atoms with Crippen LogP contribution in [0.3, 0.4) is 0 Å². The Bertz CT molecular complexity index is 750. The molecule has 0 bridgehead atoms. The second-order valence-corrected chi connectivity index (χ2v) is 8.32. The maximum absolute atomic E-state index is 12.3. The lowest BCUT2D eigenvalue weighted by molar-refractivity contribution is -0.119. The van der Waals surface area contributed by atoms with E-state index in [4.69, 9.17) is 4.74 Å². The van der Waals surface area contributed by atoms with E-state index in [9.17, 15) is 4.79 Å². The van der Waals surface area contributed by atoms with Crippen molar-refractivity contribution in [3.05, 3.63) is 36.5 Å². The molecular weight excluding hydrogens is 358 g/mol. The van der Waals surface area contributed by atoms with Crippen molar-refractivity contribution in [3.63, 3.8) is 0 Å². The average molecular weight is 386 g/mol. The highest BCUT2D eigenvalue weighted by molar-refractivity contribution is 7.99. The van der Waals surface area contributed by atoms with Gasteiger partial charge in [-0.25, -0.2) is 4.98 Å². The minimum absolute atomic E-state index is 0.111. The number of nitrogens with zero attached hydrogens (tertiary/aromatic N) is 2. The number of amides is 1. The number of benzene rings is 1. The standard InChI is InChI=1S/C21H27N3O2S/c25-20(23-17-9-4-5-10-17)15-27-21-22-13-19(16-7-2-1-3-8-16)24(21)14-18-11-6-12-26-18/h1-3,7-8,13,17-18H,4-6,9-12,14-15H2,(H,23,25)/t18-/m0/s1. The third kappa shape index (κ3) is 4.74. The summed E-state index contributed by atoms with van der Waals surface area (Å²) in [7, 11) is 0. The first-order valence-corrected chi connectivity index (χ1v) is 10.9. The molecule has 1 aliphatic carbocycles. The quantitative estimate of drug-likeness (QED) is 0.735. The second-order valence-electron chi connectivity index (χ2n) is 7.38. The number of aromatic nitrogens is 2. The normalized spacial score (nSPS) is 20.2. The SMILES string of the molecule is O=C(CSc1ncc(-c2ccccc2)n1C[C@@H]1CCCO1)NC1CCCC1. The fourth-order valence-corrected chi connectivity index (χ4v) is 4.75. The smallest absolute Gasteiger partial charge is 0.230 e. The van der Waals surface area contributed by atoms with Gasteiger partial charge in [-0.3, -0.25) is 4.79 Å². The van der Waals surface area contributed by atoms with Crippen LogP contribution in [-0.2, 0) is 16.1 Å². The van der Waals surface area contributed by atoms with Gasteiger partial charge in [-0.2, -0.15) is 0 Å². The van der Waals surface area contributed by atoms with Crippen molar-refractivity contribution in [2.75, 3.05) is 12.4 Å². The van der Waals surface area contributed by atoms with Crippen molar-refractivity contribution in [2.24, 2.45) is 0 Å². The summed E-state index contributed by atoms with van der Waals surface area (Å²) in [5, 5.41) is 4.05. The summed E-state index contributed by atoms with van der Waals surface area (Å²) in [4.78, 5) is 16.9. The first-order chi connectivity index (χ1) is 13.3. The number of hydrogen-bond acceptors (Lipinski definition) is 4. The zero-order chi connectivity index (χ0) is 18.5. The number of carbonyl (C=O) groups is 1. The Hall–Kier alpha value is -1.79. The molecule has 1 aliphatic heterocycles. The summed E-state index contributed by atoms with van der Waals surface area (Å²) in [5.74, 6) is 0.521. The molecule has 0 spiro atoms. The molecule has 1 N–H and O–H groups in total. The molecule has 2 aliphatic rings. The molecule has 1 aromatic carbocycles.